The van der Waals surface area contributed by atoms with Crippen molar-refractivity contribution in [3.8, 4) is 11.3 Å². The van der Waals surface area contributed by atoms with Gasteiger partial charge in [-0.15, -0.1) is 0 Å². The summed E-state index contributed by atoms with van der Waals surface area (Å²) >= 11 is 5.99. The molecular weight excluding hydrogens is 394 g/mol. The van der Waals surface area contributed by atoms with Gasteiger partial charge in [0.2, 0.25) is 0 Å². The van der Waals surface area contributed by atoms with Crippen molar-refractivity contribution in [1.82, 2.24) is 10.5 Å². The lowest BCUT2D eigenvalue weighted by Crippen LogP contribution is -2.23. The van der Waals surface area contributed by atoms with Crippen molar-refractivity contribution in [3.05, 3.63) is 93.1 Å². The lowest BCUT2D eigenvalue weighted by atomic mass is 10.1. The Morgan fingerprint density at radius 1 is 1.07 bits per heavy atom. The lowest BCUT2D eigenvalue weighted by Gasteiger charge is -2.05. The first-order valence-electron chi connectivity index (χ1n) is 8.68. The summed E-state index contributed by atoms with van der Waals surface area (Å²) in [7, 11) is 0. The van der Waals surface area contributed by atoms with Crippen LogP contribution in [0.15, 0.2) is 71.3 Å². The number of benzene rings is 3. The van der Waals surface area contributed by atoms with Crippen molar-refractivity contribution in [3.63, 3.8) is 0 Å². The van der Waals surface area contributed by atoms with Gasteiger partial charge in [0.1, 0.15) is 5.69 Å². The fraction of sp³-hybridized carbons (Fsp3) is 0.0476. The second-order valence-corrected chi connectivity index (χ2v) is 6.76. The Hall–Kier alpha value is -3.71. The first kappa shape index (κ1) is 18.6. The first-order valence-corrected chi connectivity index (χ1v) is 9.06. The molecule has 1 N–H and O–H groups in total. The molecule has 0 spiro atoms. The molecule has 7 nitrogen and oxygen atoms in total. The Balaban J connectivity index is 1.49. The van der Waals surface area contributed by atoms with E-state index in [1.165, 1.54) is 12.1 Å². The van der Waals surface area contributed by atoms with E-state index in [1.807, 2.05) is 42.5 Å². The highest BCUT2D eigenvalue weighted by Gasteiger charge is 2.16. The standard InChI is InChI=1S/C21H14ClN3O4/c22-19-8-7-17(25(27)28)11-18(19)21(26)23-12-16-10-20(29-24-16)15-6-5-13-3-1-2-4-14(13)9-15/h1-11H,12H2,(H,23,26). The normalized spacial score (nSPS) is 10.8. The van der Waals surface area contributed by atoms with Crippen LogP contribution < -0.4 is 5.32 Å². The SMILES string of the molecule is O=C(NCc1cc(-c2ccc3ccccc3c2)on1)c1cc([N+](=O)[O-])ccc1Cl. The van der Waals surface area contributed by atoms with Crippen LogP contribution in [0.25, 0.3) is 22.1 Å². The Labute approximate surface area is 170 Å². The summed E-state index contributed by atoms with van der Waals surface area (Å²) in [6, 6.07) is 19.4. The van der Waals surface area contributed by atoms with Crippen molar-refractivity contribution in [2.45, 2.75) is 6.54 Å². The van der Waals surface area contributed by atoms with Crippen LogP contribution in [0, 0.1) is 10.1 Å². The molecule has 0 saturated heterocycles. The van der Waals surface area contributed by atoms with Crippen LogP contribution in [0.1, 0.15) is 16.1 Å². The van der Waals surface area contributed by atoms with Crippen LogP contribution >= 0.6 is 11.6 Å². The predicted molar refractivity (Wildman–Crippen MR) is 109 cm³/mol. The third-order valence-corrected chi connectivity index (χ3v) is 4.76. The highest BCUT2D eigenvalue weighted by Crippen LogP contribution is 2.25. The van der Waals surface area contributed by atoms with E-state index < -0.39 is 10.8 Å². The number of halogens is 1. The monoisotopic (exact) mass is 407 g/mol. The van der Waals surface area contributed by atoms with Gasteiger partial charge in [0, 0.05) is 23.8 Å². The smallest absolute Gasteiger partial charge is 0.270 e. The number of carbonyl (C=O) groups excluding carboxylic acids is 1. The van der Waals surface area contributed by atoms with E-state index in [-0.39, 0.29) is 22.8 Å². The number of rotatable bonds is 5. The quantitative estimate of drug-likeness (QED) is 0.371. The molecule has 144 valence electrons. The van der Waals surface area contributed by atoms with Crippen molar-refractivity contribution in [2.24, 2.45) is 0 Å². The molecule has 0 aliphatic rings. The van der Waals surface area contributed by atoms with Crippen LogP contribution in [-0.2, 0) is 6.54 Å². The van der Waals surface area contributed by atoms with E-state index in [9.17, 15) is 14.9 Å². The fourth-order valence-corrected chi connectivity index (χ4v) is 3.14. The van der Waals surface area contributed by atoms with E-state index in [1.54, 1.807) is 6.07 Å². The Morgan fingerprint density at radius 3 is 2.66 bits per heavy atom. The molecule has 1 amide bonds. The van der Waals surface area contributed by atoms with Crippen molar-refractivity contribution in [2.75, 3.05) is 0 Å². The number of nitrogens with zero attached hydrogens (tertiary/aromatic N) is 2. The first-order chi connectivity index (χ1) is 14.0. The molecule has 0 aliphatic carbocycles. The number of fused-ring (bicyclic) bond motifs is 1. The van der Waals surface area contributed by atoms with Crippen LogP contribution in [0.5, 0.6) is 0 Å². The molecule has 4 aromatic rings. The summed E-state index contributed by atoms with van der Waals surface area (Å²) in [6.45, 7) is 0.0922. The molecule has 0 unspecified atom stereocenters. The number of nitro groups is 1. The van der Waals surface area contributed by atoms with Gasteiger partial charge in [-0.25, -0.2) is 0 Å². The molecule has 4 rings (SSSR count). The maximum atomic E-state index is 12.4. The van der Waals surface area contributed by atoms with Crippen LogP contribution in [0.3, 0.4) is 0 Å². The Kier molecular flexibility index (Phi) is 4.97. The van der Waals surface area contributed by atoms with Gasteiger partial charge in [0.15, 0.2) is 5.76 Å². The largest absolute Gasteiger partial charge is 0.356 e. The molecule has 0 bridgehead atoms. The molecular formula is C21H14ClN3O4. The number of hydrogen-bond acceptors (Lipinski definition) is 5. The van der Waals surface area contributed by atoms with Crippen molar-refractivity contribution < 1.29 is 14.2 Å². The van der Waals surface area contributed by atoms with Gasteiger partial charge in [0.05, 0.1) is 22.1 Å². The summed E-state index contributed by atoms with van der Waals surface area (Å²) in [6.07, 6.45) is 0. The minimum absolute atomic E-state index is 0.0270. The average molecular weight is 408 g/mol. The zero-order chi connectivity index (χ0) is 20.4. The predicted octanol–water partition coefficient (Wildman–Crippen LogP) is 4.99. The Morgan fingerprint density at radius 2 is 1.86 bits per heavy atom. The number of nitro benzene ring substituents is 1. The third-order valence-electron chi connectivity index (χ3n) is 4.43. The van der Waals surface area contributed by atoms with Gasteiger partial charge < -0.3 is 9.84 Å². The van der Waals surface area contributed by atoms with Crippen molar-refractivity contribution in [1.29, 1.82) is 0 Å². The maximum absolute atomic E-state index is 12.4. The lowest BCUT2D eigenvalue weighted by molar-refractivity contribution is -0.384. The second kappa shape index (κ2) is 7.73. The molecule has 0 saturated carbocycles. The van der Waals surface area contributed by atoms with Gasteiger partial charge in [-0.05, 0) is 22.9 Å². The minimum atomic E-state index is -0.583. The van der Waals surface area contributed by atoms with Gasteiger partial charge in [-0.3, -0.25) is 14.9 Å². The van der Waals surface area contributed by atoms with E-state index in [0.717, 1.165) is 22.4 Å². The highest BCUT2D eigenvalue weighted by molar-refractivity contribution is 6.33. The number of non-ortho nitro benzene ring substituents is 1. The van der Waals surface area contributed by atoms with Gasteiger partial charge in [-0.2, -0.15) is 0 Å². The molecule has 0 atom stereocenters. The maximum Gasteiger partial charge on any atom is 0.270 e. The van der Waals surface area contributed by atoms with Crippen LogP contribution in [0.4, 0.5) is 5.69 Å². The summed E-state index contributed by atoms with van der Waals surface area (Å²) in [5, 5.41) is 19.8. The summed E-state index contributed by atoms with van der Waals surface area (Å²) in [5.74, 6) is 0.0438. The fourth-order valence-electron chi connectivity index (χ4n) is 2.94. The number of nitrogens with one attached hydrogen (secondary N) is 1. The van der Waals surface area contributed by atoms with Gasteiger partial charge in [-0.1, -0.05) is 53.2 Å². The van der Waals surface area contributed by atoms with E-state index >= 15 is 0 Å². The third kappa shape index (κ3) is 3.95. The molecule has 29 heavy (non-hydrogen) atoms. The van der Waals surface area contributed by atoms with Gasteiger partial charge in [0.25, 0.3) is 11.6 Å². The average Bonchev–Trinajstić information content (AvgIpc) is 3.21. The Bertz CT molecular complexity index is 1240. The molecule has 0 aliphatic heterocycles. The number of carbonyl (C=O) groups is 1. The van der Waals surface area contributed by atoms with E-state index in [0.29, 0.717) is 11.5 Å². The second-order valence-electron chi connectivity index (χ2n) is 6.35. The number of hydrogen-bond donors (Lipinski definition) is 1. The molecule has 1 aromatic heterocycles. The zero-order valence-corrected chi connectivity index (χ0v) is 15.7. The molecule has 8 heteroatoms. The number of amides is 1. The molecule has 0 radical (unpaired) electrons. The van der Waals surface area contributed by atoms with Crippen molar-refractivity contribution >= 4 is 34.0 Å². The topological polar surface area (TPSA) is 98.3 Å². The minimum Gasteiger partial charge on any atom is -0.356 e. The highest BCUT2D eigenvalue weighted by atomic mass is 35.5. The van der Waals surface area contributed by atoms with Crippen LogP contribution in [0.2, 0.25) is 5.02 Å². The zero-order valence-electron chi connectivity index (χ0n) is 15.0. The molecule has 3 aromatic carbocycles. The summed E-state index contributed by atoms with van der Waals surface area (Å²) < 4.78 is 5.40. The summed E-state index contributed by atoms with van der Waals surface area (Å²) in [5.41, 5.74) is 1.21. The van der Waals surface area contributed by atoms with E-state index in [4.69, 9.17) is 16.1 Å². The van der Waals surface area contributed by atoms with E-state index in [2.05, 4.69) is 10.5 Å². The molecule has 0 fully saturated rings. The van der Waals surface area contributed by atoms with Gasteiger partial charge >= 0.3 is 0 Å². The van der Waals surface area contributed by atoms with Crippen LogP contribution in [-0.4, -0.2) is 16.0 Å². The summed E-state index contributed by atoms with van der Waals surface area (Å²) in [4.78, 5) is 22.7. The molecule has 1 heterocycles. The number of aromatic nitrogens is 1.